The van der Waals surface area contributed by atoms with Crippen molar-refractivity contribution in [1.82, 2.24) is 15.5 Å². The Morgan fingerprint density at radius 1 is 1.50 bits per heavy atom. The highest BCUT2D eigenvalue weighted by atomic mass is 32.1. The van der Waals surface area contributed by atoms with E-state index in [0.29, 0.717) is 6.42 Å². The maximum absolute atomic E-state index is 10.6. The molecule has 3 N–H and O–H groups in total. The summed E-state index contributed by atoms with van der Waals surface area (Å²) in [7, 11) is 1.78. The van der Waals surface area contributed by atoms with E-state index in [1.165, 1.54) is 11.3 Å². The van der Waals surface area contributed by atoms with Gasteiger partial charge in [-0.1, -0.05) is 25.2 Å². The number of nitrogens with one attached hydrogen (secondary N) is 2. The van der Waals surface area contributed by atoms with Crippen molar-refractivity contribution in [3.8, 4) is 0 Å². The van der Waals surface area contributed by atoms with Crippen molar-refractivity contribution in [3.05, 3.63) is 5.01 Å². The summed E-state index contributed by atoms with van der Waals surface area (Å²) in [5.41, 5.74) is 0. The first-order chi connectivity index (χ1) is 7.52. The van der Waals surface area contributed by atoms with Gasteiger partial charge in [-0.2, -0.15) is 0 Å². The fraction of sp³-hybridized carbons (Fsp3) is 0.667. The van der Waals surface area contributed by atoms with Gasteiger partial charge in [0.1, 0.15) is 5.01 Å². The minimum Gasteiger partial charge on any atom is -0.465 e. The van der Waals surface area contributed by atoms with E-state index in [1.807, 2.05) is 13.8 Å². The van der Waals surface area contributed by atoms with E-state index in [4.69, 9.17) is 5.11 Å². The number of amides is 1. The molecule has 1 amide bonds. The van der Waals surface area contributed by atoms with Crippen LogP contribution in [-0.4, -0.2) is 34.5 Å². The summed E-state index contributed by atoms with van der Waals surface area (Å²) in [6, 6.07) is -0.129. The van der Waals surface area contributed by atoms with Gasteiger partial charge in [0, 0.05) is 19.5 Å². The molecule has 1 aromatic rings. The smallest absolute Gasteiger partial charge is 0.404 e. The summed E-state index contributed by atoms with van der Waals surface area (Å²) in [6.07, 6.45) is -0.430. The molecular weight excluding hydrogens is 228 g/mol. The van der Waals surface area contributed by atoms with Gasteiger partial charge in [0.2, 0.25) is 5.13 Å². The van der Waals surface area contributed by atoms with Gasteiger partial charge in [-0.05, 0) is 5.92 Å². The van der Waals surface area contributed by atoms with E-state index < -0.39 is 6.09 Å². The van der Waals surface area contributed by atoms with E-state index in [2.05, 4.69) is 20.8 Å². The molecule has 1 unspecified atom stereocenters. The Kier molecular flexibility index (Phi) is 4.48. The van der Waals surface area contributed by atoms with Crippen LogP contribution in [0.15, 0.2) is 0 Å². The Labute approximate surface area is 98.1 Å². The van der Waals surface area contributed by atoms with Crippen LogP contribution in [0.2, 0.25) is 0 Å². The SMILES string of the molecule is CNc1nnc(CC(NC(=O)O)C(C)C)s1. The molecule has 0 saturated carbocycles. The zero-order valence-electron chi connectivity index (χ0n) is 9.52. The van der Waals surface area contributed by atoms with E-state index in [-0.39, 0.29) is 12.0 Å². The summed E-state index contributed by atoms with van der Waals surface area (Å²) in [4.78, 5) is 10.6. The summed E-state index contributed by atoms with van der Waals surface area (Å²) in [5, 5.41) is 23.6. The molecular formula is C9H16N4O2S. The maximum Gasteiger partial charge on any atom is 0.404 e. The van der Waals surface area contributed by atoms with Gasteiger partial charge in [-0.15, -0.1) is 10.2 Å². The van der Waals surface area contributed by atoms with Crippen LogP contribution in [0.1, 0.15) is 18.9 Å². The Balaban J connectivity index is 2.63. The molecule has 16 heavy (non-hydrogen) atoms. The number of carboxylic acid groups (broad SMARTS) is 1. The van der Waals surface area contributed by atoms with Crippen LogP contribution < -0.4 is 10.6 Å². The largest absolute Gasteiger partial charge is 0.465 e. The monoisotopic (exact) mass is 244 g/mol. The summed E-state index contributed by atoms with van der Waals surface area (Å²) in [6.45, 7) is 3.95. The zero-order chi connectivity index (χ0) is 12.1. The molecule has 0 saturated heterocycles. The molecule has 0 aromatic carbocycles. The van der Waals surface area contributed by atoms with Gasteiger partial charge in [0.25, 0.3) is 0 Å². The first-order valence-corrected chi connectivity index (χ1v) is 5.84. The molecule has 7 heteroatoms. The lowest BCUT2D eigenvalue weighted by atomic mass is 10.0. The van der Waals surface area contributed by atoms with Crippen LogP contribution in [0, 0.1) is 5.92 Å². The van der Waals surface area contributed by atoms with Crippen LogP contribution in [0.4, 0.5) is 9.93 Å². The van der Waals surface area contributed by atoms with Crippen LogP contribution in [0.5, 0.6) is 0 Å². The standard InChI is InChI=1S/C9H16N4O2S/c1-5(2)6(11-9(14)15)4-7-12-13-8(10-3)16-7/h5-6,11H,4H2,1-3H3,(H,10,13)(H,14,15). The molecule has 90 valence electrons. The molecule has 1 heterocycles. The fourth-order valence-corrected chi connectivity index (χ4v) is 1.99. The number of rotatable bonds is 5. The van der Waals surface area contributed by atoms with Crippen molar-refractivity contribution in [2.45, 2.75) is 26.3 Å². The lowest BCUT2D eigenvalue weighted by Crippen LogP contribution is -2.39. The average molecular weight is 244 g/mol. The van der Waals surface area contributed by atoms with Crippen LogP contribution in [0.3, 0.4) is 0 Å². The molecule has 0 aliphatic rings. The predicted octanol–water partition coefficient (Wildman–Crippen LogP) is 1.41. The Morgan fingerprint density at radius 3 is 2.62 bits per heavy atom. The second kappa shape index (κ2) is 5.64. The van der Waals surface area contributed by atoms with Crippen molar-refractivity contribution in [2.75, 3.05) is 12.4 Å². The Bertz CT molecular complexity index is 353. The van der Waals surface area contributed by atoms with Gasteiger partial charge in [-0.3, -0.25) is 0 Å². The first kappa shape index (κ1) is 12.7. The molecule has 1 atom stereocenters. The van der Waals surface area contributed by atoms with Crippen molar-refractivity contribution >= 4 is 22.6 Å². The molecule has 1 aromatic heterocycles. The normalized spacial score (nSPS) is 12.5. The van der Waals surface area contributed by atoms with Gasteiger partial charge in [-0.25, -0.2) is 4.79 Å². The van der Waals surface area contributed by atoms with E-state index in [9.17, 15) is 4.79 Å². The minimum atomic E-state index is -1.00. The van der Waals surface area contributed by atoms with Crippen molar-refractivity contribution < 1.29 is 9.90 Å². The number of carbonyl (C=O) groups is 1. The lowest BCUT2D eigenvalue weighted by Gasteiger charge is -2.18. The number of aromatic nitrogens is 2. The van der Waals surface area contributed by atoms with E-state index >= 15 is 0 Å². The van der Waals surface area contributed by atoms with Crippen molar-refractivity contribution in [3.63, 3.8) is 0 Å². The zero-order valence-corrected chi connectivity index (χ0v) is 10.3. The number of anilines is 1. The van der Waals surface area contributed by atoms with E-state index in [1.54, 1.807) is 7.05 Å². The first-order valence-electron chi connectivity index (χ1n) is 5.02. The number of hydrogen-bond acceptors (Lipinski definition) is 5. The molecule has 6 nitrogen and oxygen atoms in total. The van der Waals surface area contributed by atoms with Crippen LogP contribution in [-0.2, 0) is 6.42 Å². The van der Waals surface area contributed by atoms with Crippen molar-refractivity contribution in [2.24, 2.45) is 5.92 Å². The number of hydrogen-bond donors (Lipinski definition) is 3. The highest BCUT2D eigenvalue weighted by Crippen LogP contribution is 2.17. The van der Waals surface area contributed by atoms with Gasteiger partial charge < -0.3 is 15.7 Å². The molecule has 0 aliphatic heterocycles. The molecule has 0 spiro atoms. The molecule has 0 bridgehead atoms. The summed E-state index contributed by atoms with van der Waals surface area (Å²) >= 11 is 1.44. The maximum atomic E-state index is 10.6. The highest BCUT2D eigenvalue weighted by Gasteiger charge is 2.18. The molecule has 0 fully saturated rings. The third-order valence-electron chi connectivity index (χ3n) is 2.19. The fourth-order valence-electron chi connectivity index (χ4n) is 1.24. The topological polar surface area (TPSA) is 87.1 Å². The summed E-state index contributed by atoms with van der Waals surface area (Å²) in [5.74, 6) is 0.220. The second-order valence-electron chi connectivity index (χ2n) is 3.76. The number of nitrogens with zero attached hydrogens (tertiary/aromatic N) is 2. The van der Waals surface area contributed by atoms with E-state index in [0.717, 1.165) is 10.1 Å². The lowest BCUT2D eigenvalue weighted by molar-refractivity contribution is 0.185. The molecule has 0 radical (unpaired) electrons. The van der Waals surface area contributed by atoms with Gasteiger partial charge in [0.15, 0.2) is 0 Å². The Morgan fingerprint density at radius 2 is 2.19 bits per heavy atom. The van der Waals surface area contributed by atoms with Gasteiger partial charge >= 0.3 is 6.09 Å². The average Bonchev–Trinajstić information content (AvgIpc) is 2.63. The predicted molar refractivity (Wildman–Crippen MR) is 62.9 cm³/mol. The summed E-state index contributed by atoms with van der Waals surface area (Å²) < 4.78 is 0. The Hall–Kier alpha value is -1.37. The third-order valence-corrected chi connectivity index (χ3v) is 3.15. The van der Waals surface area contributed by atoms with Crippen LogP contribution >= 0.6 is 11.3 Å². The molecule has 1 rings (SSSR count). The quantitative estimate of drug-likeness (QED) is 0.729. The van der Waals surface area contributed by atoms with Crippen LogP contribution in [0.25, 0.3) is 0 Å². The molecule has 0 aliphatic carbocycles. The third kappa shape index (κ3) is 3.65. The second-order valence-corrected chi connectivity index (χ2v) is 4.82. The highest BCUT2D eigenvalue weighted by molar-refractivity contribution is 7.15. The van der Waals surface area contributed by atoms with Crippen molar-refractivity contribution in [1.29, 1.82) is 0 Å². The van der Waals surface area contributed by atoms with Gasteiger partial charge in [0.05, 0.1) is 0 Å². The minimum absolute atomic E-state index is 0.129.